The summed E-state index contributed by atoms with van der Waals surface area (Å²) in [7, 11) is 0. The number of rotatable bonds is 5. The number of ether oxygens (including phenoxy) is 1. The predicted molar refractivity (Wildman–Crippen MR) is 73.5 cm³/mol. The normalized spacial score (nSPS) is 12.6. The van der Waals surface area contributed by atoms with E-state index in [4.69, 9.17) is 9.84 Å². The van der Waals surface area contributed by atoms with Crippen molar-refractivity contribution in [1.29, 1.82) is 0 Å². The number of aromatic nitrogens is 1. The number of hydrogen-bond donors (Lipinski definition) is 2. The van der Waals surface area contributed by atoms with Gasteiger partial charge < -0.3 is 15.2 Å². The third-order valence-corrected chi connectivity index (χ3v) is 2.47. The van der Waals surface area contributed by atoms with Gasteiger partial charge >= 0.3 is 12.1 Å². The second kappa shape index (κ2) is 6.88. The Bertz CT molecular complexity index is 454. The minimum atomic E-state index is -0.926. The number of alkyl carbamates (subject to hydrolysis) is 1. The molecule has 2 N–H and O–H groups in total. The van der Waals surface area contributed by atoms with Gasteiger partial charge in [0.2, 0.25) is 0 Å². The van der Waals surface area contributed by atoms with E-state index in [1.807, 2.05) is 0 Å². The Kier molecular flexibility index (Phi) is 5.49. The molecule has 0 aromatic carbocycles. The first kappa shape index (κ1) is 15.9. The van der Waals surface area contributed by atoms with Crippen molar-refractivity contribution in [2.45, 2.75) is 38.7 Å². The molecule has 1 unspecified atom stereocenters. The van der Waals surface area contributed by atoms with Crippen LogP contribution in [-0.2, 0) is 9.53 Å². The highest BCUT2D eigenvalue weighted by Crippen LogP contribution is 2.18. The van der Waals surface area contributed by atoms with Crippen molar-refractivity contribution in [2.75, 3.05) is 6.54 Å². The summed E-state index contributed by atoms with van der Waals surface area (Å²) in [5.41, 5.74) is 0.187. The molecule has 0 fully saturated rings. The molecule has 6 nitrogen and oxygen atoms in total. The average Bonchev–Trinajstić information content (AvgIpc) is 2.33. The number of pyridine rings is 1. The zero-order chi connectivity index (χ0) is 15.2. The number of aliphatic carboxylic acids is 1. The van der Waals surface area contributed by atoms with Crippen molar-refractivity contribution >= 4 is 12.1 Å². The van der Waals surface area contributed by atoms with Crippen molar-refractivity contribution < 1.29 is 19.4 Å². The first-order chi connectivity index (χ1) is 9.28. The van der Waals surface area contributed by atoms with Crippen LogP contribution in [0.1, 0.15) is 38.7 Å². The van der Waals surface area contributed by atoms with E-state index in [-0.39, 0.29) is 18.9 Å². The maximum absolute atomic E-state index is 11.6. The van der Waals surface area contributed by atoms with Gasteiger partial charge in [-0.05, 0) is 32.4 Å². The number of carboxylic acid groups (broad SMARTS) is 1. The van der Waals surface area contributed by atoms with Crippen LogP contribution in [0.4, 0.5) is 4.79 Å². The largest absolute Gasteiger partial charge is 0.481 e. The van der Waals surface area contributed by atoms with Gasteiger partial charge in [0.05, 0.1) is 6.42 Å². The fraction of sp³-hybridized carbons (Fsp3) is 0.500. The van der Waals surface area contributed by atoms with Crippen LogP contribution < -0.4 is 5.32 Å². The van der Waals surface area contributed by atoms with Gasteiger partial charge in [0.1, 0.15) is 5.60 Å². The van der Waals surface area contributed by atoms with Crippen LogP contribution in [0.5, 0.6) is 0 Å². The predicted octanol–water partition coefficient (Wildman–Crippen LogP) is 2.16. The van der Waals surface area contributed by atoms with Gasteiger partial charge in [-0.25, -0.2) is 4.79 Å². The highest BCUT2D eigenvalue weighted by atomic mass is 16.6. The number of carbonyl (C=O) groups excluding carboxylic acids is 1. The smallest absolute Gasteiger partial charge is 0.407 e. The molecule has 20 heavy (non-hydrogen) atoms. The Morgan fingerprint density at radius 1 is 1.45 bits per heavy atom. The molecule has 0 bridgehead atoms. The Morgan fingerprint density at radius 3 is 2.65 bits per heavy atom. The van der Waals surface area contributed by atoms with E-state index in [9.17, 15) is 9.59 Å². The molecule has 110 valence electrons. The van der Waals surface area contributed by atoms with E-state index in [0.717, 1.165) is 5.56 Å². The Balaban J connectivity index is 2.63. The monoisotopic (exact) mass is 280 g/mol. The van der Waals surface area contributed by atoms with Crippen LogP contribution in [0.15, 0.2) is 24.5 Å². The standard InChI is InChI=1S/C14H20N2O4/c1-14(2,3)20-13(19)16-9-11(7-12(17)18)10-5-4-6-15-8-10/h4-6,8,11H,7,9H2,1-3H3,(H,16,19)(H,17,18). The lowest BCUT2D eigenvalue weighted by Crippen LogP contribution is -2.35. The number of carbonyl (C=O) groups is 2. The molecule has 0 aliphatic rings. The van der Waals surface area contributed by atoms with Crippen molar-refractivity contribution in [3.63, 3.8) is 0 Å². The Hall–Kier alpha value is -2.11. The maximum atomic E-state index is 11.6. The van der Waals surface area contributed by atoms with E-state index in [1.165, 1.54) is 0 Å². The summed E-state index contributed by atoms with van der Waals surface area (Å²) in [4.78, 5) is 26.4. The molecule has 1 rings (SSSR count). The molecule has 6 heteroatoms. The molecule has 1 heterocycles. The van der Waals surface area contributed by atoms with Gasteiger partial charge in [0.25, 0.3) is 0 Å². The highest BCUT2D eigenvalue weighted by Gasteiger charge is 2.20. The summed E-state index contributed by atoms with van der Waals surface area (Å²) in [5, 5.41) is 11.5. The lowest BCUT2D eigenvalue weighted by atomic mass is 9.97. The second-order valence-corrected chi connectivity index (χ2v) is 5.46. The minimum Gasteiger partial charge on any atom is -0.481 e. The summed E-state index contributed by atoms with van der Waals surface area (Å²) in [6, 6.07) is 3.52. The first-order valence-corrected chi connectivity index (χ1v) is 6.36. The summed E-state index contributed by atoms with van der Waals surface area (Å²) in [6.45, 7) is 5.49. The highest BCUT2D eigenvalue weighted by molar-refractivity contribution is 5.69. The Morgan fingerprint density at radius 2 is 2.15 bits per heavy atom. The zero-order valence-electron chi connectivity index (χ0n) is 11.9. The molecule has 0 aliphatic heterocycles. The van der Waals surface area contributed by atoms with Crippen molar-refractivity contribution in [3.05, 3.63) is 30.1 Å². The van der Waals surface area contributed by atoms with E-state index in [1.54, 1.807) is 45.3 Å². The number of carboxylic acids is 1. The summed E-state index contributed by atoms with van der Waals surface area (Å²) in [6.07, 6.45) is 2.57. The average molecular weight is 280 g/mol. The zero-order valence-corrected chi connectivity index (χ0v) is 11.9. The molecule has 0 aliphatic carbocycles. The van der Waals surface area contributed by atoms with Crippen molar-refractivity contribution in [1.82, 2.24) is 10.3 Å². The molecule has 1 amide bonds. The lowest BCUT2D eigenvalue weighted by molar-refractivity contribution is -0.137. The number of nitrogens with one attached hydrogen (secondary N) is 1. The van der Waals surface area contributed by atoms with Crippen LogP contribution >= 0.6 is 0 Å². The molecule has 1 aromatic heterocycles. The van der Waals surface area contributed by atoms with Gasteiger partial charge in [-0.1, -0.05) is 6.07 Å². The quantitative estimate of drug-likeness (QED) is 0.862. The summed E-state index contributed by atoms with van der Waals surface area (Å²) in [5.74, 6) is -1.27. The van der Waals surface area contributed by atoms with Gasteiger partial charge in [0.15, 0.2) is 0 Å². The fourth-order valence-corrected chi connectivity index (χ4v) is 1.66. The van der Waals surface area contributed by atoms with E-state index < -0.39 is 17.7 Å². The van der Waals surface area contributed by atoms with Gasteiger partial charge in [-0.3, -0.25) is 9.78 Å². The molecule has 0 saturated carbocycles. The molecule has 0 radical (unpaired) electrons. The van der Waals surface area contributed by atoms with Crippen LogP contribution in [0, 0.1) is 0 Å². The first-order valence-electron chi connectivity index (χ1n) is 6.36. The Labute approximate surface area is 118 Å². The molecule has 0 spiro atoms. The molecule has 1 aromatic rings. The topological polar surface area (TPSA) is 88.5 Å². The van der Waals surface area contributed by atoms with Gasteiger partial charge in [-0.2, -0.15) is 0 Å². The van der Waals surface area contributed by atoms with E-state index >= 15 is 0 Å². The van der Waals surface area contributed by atoms with Crippen LogP contribution in [0.2, 0.25) is 0 Å². The maximum Gasteiger partial charge on any atom is 0.407 e. The second-order valence-electron chi connectivity index (χ2n) is 5.46. The molecule has 1 atom stereocenters. The summed E-state index contributed by atoms with van der Waals surface area (Å²) < 4.78 is 5.12. The molecular weight excluding hydrogens is 260 g/mol. The fourth-order valence-electron chi connectivity index (χ4n) is 1.66. The lowest BCUT2D eigenvalue weighted by Gasteiger charge is -2.21. The molecular formula is C14H20N2O4. The number of amides is 1. The van der Waals surface area contributed by atoms with E-state index in [2.05, 4.69) is 10.3 Å². The van der Waals surface area contributed by atoms with Crippen molar-refractivity contribution in [3.8, 4) is 0 Å². The molecule has 0 saturated heterocycles. The van der Waals surface area contributed by atoms with E-state index in [0.29, 0.717) is 0 Å². The van der Waals surface area contributed by atoms with Crippen molar-refractivity contribution in [2.24, 2.45) is 0 Å². The number of hydrogen-bond acceptors (Lipinski definition) is 4. The van der Waals surface area contributed by atoms with Crippen LogP contribution in [-0.4, -0.2) is 34.3 Å². The van der Waals surface area contributed by atoms with Crippen LogP contribution in [0.25, 0.3) is 0 Å². The van der Waals surface area contributed by atoms with Gasteiger partial charge in [0, 0.05) is 24.9 Å². The SMILES string of the molecule is CC(C)(C)OC(=O)NCC(CC(=O)O)c1cccnc1. The third kappa shape index (κ3) is 6.17. The third-order valence-electron chi connectivity index (χ3n) is 2.47. The number of nitrogens with zero attached hydrogens (tertiary/aromatic N) is 1. The van der Waals surface area contributed by atoms with Crippen LogP contribution in [0.3, 0.4) is 0 Å². The summed E-state index contributed by atoms with van der Waals surface area (Å²) >= 11 is 0. The minimum absolute atomic E-state index is 0.0819. The van der Waals surface area contributed by atoms with Gasteiger partial charge in [-0.15, -0.1) is 0 Å².